The molecule has 0 aliphatic carbocycles. The van der Waals surface area contributed by atoms with Gasteiger partial charge in [0.15, 0.2) is 0 Å². The van der Waals surface area contributed by atoms with E-state index in [1.807, 2.05) is 0 Å². The van der Waals surface area contributed by atoms with E-state index in [9.17, 15) is 0 Å². The van der Waals surface area contributed by atoms with Crippen molar-refractivity contribution in [1.82, 2.24) is 4.98 Å². The SMILES string of the molecule is [CH]c1cnccc1CO. The third-order valence-electron chi connectivity index (χ3n) is 1.12. The maximum atomic E-state index is 8.61. The molecule has 1 aromatic heterocycles. The van der Waals surface area contributed by atoms with Gasteiger partial charge in [-0.3, -0.25) is 4.98 Å². The second-order valence-electron chi connectivity index (χ2n) is 1.73. The van der Waals surface area contributed by atoms with Gasteiger partial charge in [-0.1, -0.05) is 0 Å². The van der Waals surface area contributed by atoms with Gasteiger partial charge in [-0.25, -0.2) is 0 Å². The van der Waals surface area contributed by atoms with E-state index in [1.54, 1.807) is 12.3 Å². The largest absolute Gasteiger partial charge is 0.392 e. The Morgan fingerprint density at radius 3 is 2.89 bits per heavy atom. The summed E-state index contributed by atoms with van der Waals surface area (Å²) in [4.78, 5) is 3.76. The number of hydrogen-bond acceptors (Lipinski definition) is 2. The fourth-order valence-electron chi connectivity index (χ4n) is 0.579. The zero-order valence-corrected chi connectivity index (χ0v) is 4.91. The lowest BCUT2D eigenvalue weighted by atomic mass is 10.2. The Labute approximate surface area is 54.2 Å². The van der Waals surface area contributed by atoms with Crippen LogP contribution in [0.3, 0.4) is 0 Å². The van der Waals surface area contributed by atoms with E-state index in [-0.39, 0.29) is 6.61 Å². The molecule has 0 fully saturated rings. The Hall–Kier alpha value is -0.890. The molecule has 0 bridgehead atoms. The van der Waals surface area contributed by atoms with Gasteiger partial charge in [-0.15, -0.1) is 0 Å². The highest BCUT2D eigenvalue weighted by molar-refractivity contribution is 5.24. The van der Waals surface area contributed by atoms with Crippen molar-refractivity contribution < 1.29 is 5.11 Å². The predicted octanol–water partition coefficient (Wildman–Crippen LogP) is 0.633. The van der Waals surface area contributed by atoms with Crippen molar-refractivity contribution in [3.63, 3.8) is 0 Å². The highest BCUT2D eigenvalue weighted by atomic mass is 16.3. The average Bonchev–Trinajstić information content (AvgIpc) is 1.89. The van der Waals surface area contributed by atoms with Crippen LogP contribution in [0.5, 0.6) is 0 Å². The van der Waals surface area contributed by atoms with Crippen molar-refractivity contribution in [2.45, 2.75) is 6.61 Å². The minimum Gasteiger partial charge on any atom is -0.392 e. The first kappa shape index (κ1) is 6.23. The topological polar surface area (TPSA) is 33.1 Å². The lowest BCUT2D eigenvalue weighted by Gasteiger charge is -1.96. The average molecular weight is 121 g/mol. The second-order valence-corrected chi connectivity index (χ2v) is 1.73. The summed E-state index contributed by atoms with van der Waals surface area (Å²) in [5.74, 6) is 0. The fourth-order valence-corrected chi connectivity index (χ4v) is 0.579. The van der Waals surface area contributed by atoms with Gasteiger partial charge in [-0.2, -0.15) is 0 Å². The first-order valence-corrected chi connectivity index (χ1v) is 2.64. The van der Waals surface area contributed by atoms with Gasteiger partial charge < -0.3 is 5.11 Å². The molecule has 0 saturated heterocycles. The molecule has 0 aromatic carbocycles. The molecule has 1 aromatic rings. The Bertz CT molecular complexity index is 198. The van der Waals surface area contributed by atoms with Gasteiger partial charge in [0.25, 0.3) is 0 Å². The summed E-state index contributed by atoms with van der Waals surface area (Å²) in [6.45, 7) is 5.39. The third-order valence-corrected chi connectivity index (χ3v) is 1.12. The Morgan fingerprint density at radius 2 is 2.44 bits per heavy atom. The van der Waals surface area contributed by atoms with Crippen LogP contribution in [0.15, 0.2) is 18.5 Å². The van der Waals surface area contributed by atoms with Gasteiger partial charge in [0.2, 0.25) is 0 Å². The van der Waals surface area contributed by atoms with Crippen LogP contribution in [0.2, 0.25) is 0 Å². The van der Waals surface area contributed by atoms with Crippen LogP contribution in [0, 0.1) is 6.92 Å². The lowest BCUT2D eigenvalue weighted by Crippen LogP contribution is -1.87. The molecule has 0 aliphatic heterocycles. The van der Waals surface area contributed by atoms with Gasteiger partial charge >= 0.3 is 0 Å². The normalized spacial score (nSPS) is 9.56. The summed E-state index contributed by atoms with van der Waals surface area (Å²) in [7, 11) is 0. The highest BCUT2D eigenvalue weighted by Crippen LogP contribution is 2.02. The van der Waals surface area contributed by atoms with E-state index < -0.39 is 0 Å². The zero-order chi connectivity index (χ0) is 6.69. The number of aliphatic hydroxyl groups is 1. The standard InChI is InChI=1S/C7H7NO/c1-6-4-8-3-2-7(6)5-9/h1-4,9H,5H2. The second kappa shape index (κ2) is 2.60. The molecule has 2 radical (unpaired) electrons. The number of aliphatic hydroxyl groups excluding tert-OH is 1. The van der Waals surface area contributed by atoms with E-state index >= 15 is 0 Å². The Balaban J connectivity index is 3.01. The van der Waals surface area contributed by atoms with Crippen molar-refractivity contribution in [2.75, 3.05) is 0 Å². The van der Waals surface area contributed by atoms with Gasteiger partial charge in [0.05, 0.1) is 6.61 Å². The van der Waals surface area contributed by atoms with E-state index in [1.165, 1.54) is 6.20 Å². The molecule has 0 atom stereocenters. The molecule has 0 saturated carbocycles. The van der Waals surface area contributed by atoms with E-state index in [2.05, 4.69) is 4.98 Å². The van der Waals surface area contributed by atoms with Crippen LogP contribution in [-0.2, 0) is 6.61 Å². The van der Waals surface area contributed by atoms with Crippen LogP contribution in [0.1, 0.15) is 11.1 Å². The molecule has 0 amide bonds. The van der Waals surface area contributed by atoms with Crippen LogP contribution < -0.4 is 0 Å². The predicted molar refractivity (Wildman–Crippen MR) is 33.6 cm³/mol. The highest BCUT2D eigenvalue weighted by Gasteiger charge is 1.92. The summed E-state index contributed by atoms with van der Waals surface area (Å²) in [6.07, 6.45) is 3.12. The maximum absolute atomic E-state index is 8.61. The van der Waals surface area contributed by atoms with Gasteiger partial charge in [-0.05, 0) is 17.2 Å². The number of pyridine rings is 1. The van der Waals surface area contributed by atoms with E-state index in [0.29, 0.717) is 5.56 Å². The van der Waals surface area contributed by atoms with E-state index in [0.717, 1.165) is 5.56 Å². The maximum Gasteiger partial charge on any atom is 0.0685 e. The number of aromatic nitrogens is 1. The molecular weight excluding hydrogens is 114 g/mol. The zero-order valence-electron chi connectivity index (χ0n) is 4.91. The molecular formula is C7H7NO. The molecule has 2 heteroatoms. The molecule has 1 rings (SSSR count). The molecule has 0 unspecified atom stereocenters. The summed E-state index contributed by atoms with van der Waals surface area (Å²) >= 11 is 0. The number of rotatable bonds is 1. The van der Waals surface area contributed by atoms with Crippen molar-refractivity contribution in [3.8, 4) is 0 Å². The van der Waals surface area contributed by atoms with E-state index in [4.69, 9.17) is 12.0 Å². The molecule has 1 N–H and O–H groups in total. The summed E-state index contributed by atoms with van der Waals surface area (Å²) in [5.41, 5.74) is 1.27. The molecule has 1 heterocycles. The lowest BCUT2D eigenvalue weighted by molar-refractivity contribution is 0.281. The van der Waals surface area contributed by atoms with Crippen LogP contribution in [0.25, 0.3) is 0 Å². The Kier molecular flexibility index (Phi) is 1.80. The first-order valence-electron chi connectivity index (χ1n) is 2.64. The summed E-state index contributed by atoms with van der Waals surface area (Å²) < 4.78 is 0. The summed E-state index contributed by atoms with van der Waals surface area (Å²) in [6, 6.07) is 1.69. The summed E-state index contributed by atoms with van der Waals surface area (Å²) in [5, 5.41) is 8.61. The molecule has 46 valence electrons. The Morgan fingerprint density at radius 1 is 1.67 bits per heavy atom. The van der Waals surface area contributed by atoms with Gasteiger partial charge in [0.1, 0.15) is 0 Å². The van der Waals surface area contributed by atoms with Gasteiger partial charge in [0, 0.05) is 19.3 Å². The molecule has 0 spiro atoms. The number of hydrogen-bond donors (Lipinski definition) is 1. The minimum absolute atomic E-state index is 0.0195. The van der Waals surface area contributed by atoms with Crippen molar-refractivity contribution in [2.24, 2.45) is 0 Å². The molecule has 0 aliphatic rings. The van der Waals surface area contributed by atoms with Crippen LogP contribution >= 0.6 is 0 Å². The monoisotopic (exact) mass is 121 g/mol. The van der Waals surface area contributed by atoms with Crippen molar-refractivity contribution in [3.05, 3.63) is 36.5 Å². The third kappa shape index (κ3) is 1.27. The molecule has 2 nitrogen and oxygen atoms in total. The quantitative estimate of drug-likeness (QED) is 0.591. The van der Waals surface area contributed by atoms with Crippen molar-refractivity contribution in [1.29, 1.82) is 0 Å². The first-order chi connectivity index (χ1) is 4.34. The van der Waals surface area contributed by atoms with Crippen LogP contribution in [0.4, 0.5) is 0 Å². The molecule has 9 heavy (non-hydrogen) atoms. The minimum atomic E-state index is -0.0195. The smallest absolute Gasteiger partial charge is 0.0685 e. The number of nitrogens with zero attached hydrogens (tertiary/aromatic N) is 1. The van der Waals surface area contributed by atoms with Crippen molar-refractivity contribution >= 4 is 0 Å². The fraction of sp³-hybridized carbons (Fsp3) is 0.143. The van der Waals surface area contributed by atoms with Crippen LogP contribution in [-0.4, -0.2) is 10.1 Å².